The van der Waals surface area contributed by atoms with Crippen LogP contribution in [-0.4, -0.2) is 15.1 Å². The second-order valence-corrected chi connectivity index (χ2v) is 8.32. The molecule has 0 saturated carbocycles. The molecule has 0 radical (unpaired) electrons. The Balaban J connectivity index is 1.54. The van der Waals surface area contributed by atoms with Crippen molar-refractivity contribution in [3.63, 3.8) is 0 Å². The number of hydrogen-bond donors (Lipinski definition) is 1. The summed E-state index contributed by atoms with van der Waals surface area (Å²) in [5, 5.41) is 21.1. The molecule has 0 amide bonds. The van der Waals surface area contributed by atoms with Gasteiger partial charge in [-0.1, -0.05) is 36.4 Å². The van der Waals surface area contributed by atoms with Crippen LogP contribution in [0.15, 0.2) is 114 Å². The number of fused-ring (bicyclic) bond motifs is 1. The average Bonchev–Trinajstić information content (AvgIpc) is 2.89. The highest BCUT2D eigenvalue weighted by Gasteiger charge is 2.14. The summed E-state index contributed by atoms with van der Waals surface area (Å²) in [4.78, 5) is 11.3. The van der Waals surface area contributed by atoms with Crippen LogP contribution in [0.2, 0.25) is 0 Å². The summed E-state index contributed by atoms with van der Waals surface area (Å²) < 4.78 is 0. The van der Waals surface area contributed by atoms with Crippen LogP contribution in [0.3, 0.4) is 0 Å². The molecule has 0 spiro atoms. The number of hydrogen-bond acceptors (Lipinski definition) is 6. The predicted molar refractivity (Wildman–Crippen MR) is 139 cm³/mol. The number of para-hydroxylation sites is 1. The van der Waals surface area contributed by atoms with Gasteiger partial charge in [0, 0.05) is 17.8 Å². The molecule has 2 heterocycles. The third-order valence-corrected chi connectivity index (χ3v) is 5.81. The van der Waals surface area contributed by atoms with Crippen LogP contribution >= 0.6 is 0 Å². The standard InChI is InChI=1S/C29H25N5O/c1-21-12-13-22-18-25(35)14-15-26(22)29(21)33-32-27-10-2-3-11-28(27)34(19-23-8-4-6-16-30-23)20-24-9-5-7-17-31-24/h2-18,35H,19-20H2,1H3. The number of aromatic hydroxyl groups is 1. The van der Waals surface area contributed by atoms with Gasteiger partial charge in [-0.25, -0.2) is 0 Å². The van der Waals surface area contributed by atoms with Crippen molar-refractivity contribution < 1.29 is 5.11 Å². The molecule has 0 bridgehead atoms. The number of phenolic OH excluding ortho intramolecular Hbond substituents is 1. The molecular formula is C29H25N5O. The van der Waals surface area contributed by atoms with E-state index in [9.17, 15) is 5.11 Å². The maximum atomic E-state index is 9.87. The smallest absolute Gasteiger partial charge is 0.116 e. The van der Waals surface area contributed by atoms with Gasteiger partial charge in [0.1, 0.15) is 11.4 Å². The molecule has 2 aromatic heterocycles. The van der Waals surface area contributed by atoms with Gasteiger partial charge in [-0.3, -0.25) is 9.97 Å². The minimum absolute atomic E-state index is 0.231. The van der Waals surface area contributed by atoms with Crippen LogP contribution in [0.25, 0.3) is 10.8 Å². The number of aryl methyl sites for hydroxylation is 1. The van der Waals surface area contributed by atoms with Gasteiger partial charge in [0.2, 0.25) is 0 Å². The number of rotatable bonds is 7. The van der Waals surface area contributed by atoms with Crippen LogP contribution in [0.1, 0.15) is 17.0 Å². The van der Waals surface area contributed by atoms with E-state index in [0.29, 0.717) is 13.1 Å². The molecule has 6 heteroatoms. The maximum Gasteiger partial charge on any atom is 0.116 e. The van der Waals surface area contributed by atoms with E-state index >= 15 is 0 Å². The molecule has 1 N–H and O–H groups in total. The van der Waals surface area contributed by atoms with Crippen molar-refractivity contribution >= 4 is 27.8 Å². The highest BCUT2D eigenvalue weighted by molar-refractivity contribution is 5.94. The fourth-order valence-corrected chi connectivity index (χ4v) is 4.06. The summed E-state index contributed by atoms with van der Waals surface area (Å²) in [7, 11) is 0. The van der Waals surface area contributed by atoms with E-state index in [4.69, 9.17) is 5.11 Å². The Bertz CT molecular complexity index is 1430. The third kappa shape index (κ3) is 5.17. The summed E-state index contributed by atoms with van der Waals surface area (Å²) in [5.41, 5.74) is 5.43. The van der Waals surface area contributed by atoms with Gasteiger partial charge in [0.25, 0.3) is 0 Å². The number of benzene rings is 3. The zero-order valence-electron chi connectivity index (χ0n) is 19.4. The number of nitrogens with zero attached hydrogens (tertiary/aromatic N) is 5. The number of pyridine rings is 2. The number of azo groups is 1. The van der Waals surface area contributed by atoms with Gasteiger partial charge in [0.05, 0.1) is 35.9 Å². The summed E-state index contributed by atoms with van der Waals surface area (Å²) in [5.74, 6) is 0.231. The lowest BCUT2D eigenvalue weighted by Gasteiger charge is -2.25. The molecule has 3 aromatic carbocycles. The first-order valence-corrected chi connectivity index (χ1v) is 11.5. The van der Waals surface area contributed by atoms with Gasteiger partial charge in [-0.2, -0.15) is 0 Å². The van der Waals surface area contributed by atoms with E-state index in [2.05, 4.69) is 20.0 Å². The first-order chi connectivity index (χ1) is 17.2. The van der Waals surface area contributed by atoms with Crippen LogP contribution in [0.5, 0.6) is 5.75 Å². The number of phenols is 1. The molecule has 0 unspecified atom stereocenters. The lowest BCUT2D eigenvalue weighted by atomic mass is 10.0. The molecular weight excluding hydrogens is 434 g/mol. The Morgan fingerprint density at radius 3 is 2.11 bits per heavy atom. The van der Waals surface area contributed by atoms with Crippen molar-refractivity contribution in [2.45, 2.75) is 20.0 Å². The van der Waals surface area contributed by atoms with Crippen molar-refractivity contribution in [3.8, 4) is 5.75 Å². The largest absolute Gasteiger partial charge is 0.508 e. The van der Waals surface area contributed by atoms with E-state index in [0.717, 1.165) is 44.8 Å². The van der Waals surface area contributed by atoms with Crippen LogP contribution in [-0.2, 0) is 13.1 Å². The first kappa shape index (κ1) is 22.2. The maximum absolute atomic E-state index is 9.87. The van der Waals surface area contributed by atoms with Crippen molar-refractivity contribution in [1.29, 1.82) is 0 Å². The predicted octanol–water partition coefficient (Wildman–Crippen LogP) is 7.27. The second-order valence-electron chi connectivity index (χ2n) is 8.32. The molecule has 35 heavy (non-hydrogen) atoms. The van der Waals surface area contributed by atoms with Crippen molar-refractivity contribution in [2.75, 3.05) is 4.90 Å². The number of aromatic nitrogens is 2. The summed E-state index contributed by atoms with van der Waals surface area (Å²) in [6.45, 7) is 3.23. The van der Waals surface area contributed by atoms with E-state index in [-0.39, 0.29) is 5.75 Å². The molecule has 0 atom stereocenters. The van der Waals surface area contributed by atoms with Crippen LogP contribution in [0, 0.1) is 6.92 Å². The van der Waals surface area contributed by atoms with Gasteiger partial charge in [0.15, 0.2) is 0 Å². The van der Waals surface area contributed by atoms with E-state index in [1.807, 2.05) is 85.8 Å². The molecule has 172 valence electrons. The molecule has 0 aliphatic heterocycles. The summed E-state index contributed by atoms with van der Waals surface area (Å²) in [6.07, 6.45) is 3.61. The molecule has 5 aromatic rings. The van der Waals surface area contributed by atoms with Crippen LogP contribution in [0.4, 0.5) is 17.1 Å². The van der Waals surface area contributed by atoms with Crippen molar-refractivity contribution in [1.82, 2.24) is 9.97 Å². The van der Waals surface area contributed by atoms with Crippen molar-refractivity contribution in [2.24, 2.45) is 10.2 Å². The summed E-state index contributed by atoms with van der Waals surface area (Å²) in [6, 6.07) is 29.1. The van der Waals surface area contributed by atoms with Gasteiger partial charge in [-0.05, 0) is 72.5 Å². The van der Waals surface area contributed by atoms with Gasteiger partial charge >= 0.3 is 0 Å². The Hall–Kier alpha value is -4.58. The van der Waals surface area contributed by atoms with E-state index in [1.54, 1.807) is 24.5 Å². The minimum atomic E-state index is 0.231. The zero-order chi connectivity index (χ0) is 24.0. The molecule has 6 nitrogen and oxygen atoms in total. The Morgan fingerprint density at radius 1 is 0.743 bits per heavy atom. The topological polar surface area (TPSA) is 74.0 Å². The molecule has 0 fully saturated rings. The number of anilines is 1. The monoisotopic (exact) mass is 459 g/mol. The Labute approximate surface area is 204 Å². The molecule has 0 aliphatic carbocycles. The molecule has 0 aliphatic rings. The third-order valence-electron chi connectivity index (χ3n) is 5.81. The molecule has 5 rings (SSSR count). The quantitative estimate of drug-likeness (QED) is 0.260. The zero-order valence-corrected chi connectivity index (χ0v) is 19.4. The Morgan fingerprint density at radius 2 is 1.43 bits per heavy atom. The fourth-order valence-electron chi connectivity index (χ4n) is 4.06. The first-order valence-electron chi connectivity index (χ1n) is 11.5. The molecule has 0 saturated heterocycles. The highest BCUT2D eigenvalue weighted by atomic mass is 16.3. The second kappa shape index (κ2) is 10.1. The lowest BCUT2D eigenvalue weighted by molar-refractivity contribution is 0.476. The normalized spacial score (nSPS) is 11.2. The van der Waals surface area contributed by atoms with Crippen LogP contribution < -0.4 is 4.90 Å². The highest BCUT2D eigenvalue weighted by Crippen LogP contribution is 2.36. The van der Waals surface area contributed by atoms with E-state index < -0.39 is 0 Å². The Kier molecular flexibility index (Phi) is 6.44. The average molecular weight is 460 g/mol. The fraction of sp³-hybridized carbons (Fsp3) is 0.103. The minimum Gasteiger partial charge on any atom is -0.508 e. The lowest BCUT2D eigenvalue weighted by Crippen LogP contribution is -2.23. The van der Waals surface area contributed by atoms with Gasteiger partial charge in [-0.15, -0.1) is 10.2 Å². The SMILES string of the molecule is Cc1ccc2cc(O)ccc2c1N=Nc1ccccc1N(Cc1ccccn1)Cc1ccccn1. The van der Waals surface area contributed by atoms with E-state index in [1.165, 1.54) is 0 Å². The van der Waals surface area contributed by atoms with Crippen molar-refractivity contribution in [3.05, 3.63) is 120 Å². The van der Waals surface area contributed by atoms with Gasteiger partial charge < -0.3 is 10.0 Å². The summed E-state index contributed by atoms with van der Waals surface area (Å²) >= 11 is 0.